The molecule has 2 rings (SSSR count). The minimum absolute atomic E-state index is 0.216. The third-order valence-electron chi connectivity index (χ3n) is 1.92. The molecule has 0 unspecified atom stereocenters. The number of pyridine rings is 1. The number of nitrogens with zero attached hydrogens (tertiary/aromatic N) is 2. The van der Waals surface area contributed by atoms with Crippen LogP contribution in [0.25, 0.3) is 0 Å². The Balaban J connectivity index is 2.06. The molecule has 0 aliphatic rings. The van der Waals surface area contributed by atoms with Crippen LogP contribution < -0.4 is 10.9 Å². The minimum Gasteiger partial charge on any atom is -0.361 e. The molecule has 5 nitrogen and oxygen atoms in total. The Morgan fingerprint density at radius 3 is 2.80 bits per heavy atom. The molecule has 0 spiro atoms. The van der Waals surface area contributed by atoms with Crippen LogP contribution in [0.4, 0.5) is 5.82 Å². The Morgan fingerprint density at radius 2 is 2.07 bits per heavy atom. The zero-order chi connectivity index (χ0) is 10.5. The van der Waals surface area contributed by atoms with Crippen molar-refractivity contribution in [1.29, 1.82) is 0 Å². The van der Waals surface area contributed by atoms with Gasteiger partial charge in [0, 0.05) is 31.3 Å². The fourth-order valence-corrected chi connectivity index (χ4v) is 1.16. The Bertz CT molecular complexity index is 480. The van der Waals surface area contributed by atoms with Gasteiger partial charge in [0.25, 0.3) is 5.56 Å². The summed E-state index contributed by atoms with van der Waals surface area (Å²) in [4.78, 5) is 21.6. The van der Waals surface area contributed by atoms with Crippen molar-refractivity contribution >= 4 is 5.82 Å². The number of H-pyrrole nitrogens is 1. The summed E-state index contributed by atoms with van der Waals surface area (Å²) >= 11 is 0. The highest BCUT2D eigenvalue weighted by atomic mass is 16.1. The molecule has 2 aromatic heterocycles. The number of rotatable bonds is 3. The van der Waals surface area contributed by atoms with E-state index in [0.717, 1.165) is 5.56 Å². The van der Waals surface area contributed by atoms with Gasteiger partial charge >= 0.3 is 0 Å². The van der Waals surface area contributed by atoms with Crippen molar-refractivity contribution in [3.63, 3.8) is 0 Å². The Hall–Kier alpha value is -2.17. The predicted molar refractivity (Wildman–Crippen MR) is 56.4 cm³/mol. The van der Waals surface area contributed by atoms with Crippen LogP contribution in [0.3, 0.4) is 0 Å². The van der Waals surface area contributed by atoms with E-state index in [-0.39, 0.29) is 5.56 Å². The first-order valence-electron chi connectivity index (χ1n) is 4.53. The van der Waals surface area contributed by atoms with E-state index in [1.807, 2.05) is 12.1 Å². The molecule has 2 N–H and O–H groups in total. The van der Waals surface area contributed by atoms with Crippen LogP contribution in [0.2, 0.25) is 0 Å². The third-order valence-corrected chi connectivity index (χ3v) is 1.92. The van der Waals surface area contributed by atoms with E-state index in [4.69, 9.17) is 0 Å². The van der Waals surface area contributed by atoms with Gasteiger partial charge in [-0.15, -0.1) is 0 Å². The quantitative estimate of drug-likeness (QED) is 0.771. The van der Waals surface area contributed by atoms with E-state index in [9.17, 15) is 4.79 Å². The van der Waals surface area contributed by atoms with E-state index in [1.165, 1.54) is 12.4 Å². The van der Waals surface area contributed by atoms with Gasteiger partial charge in [-0.1, -0.05) is 0 Å². The summed E-state index contributed by atoms with van der Waals surface area (Å²) in [6.07, 6.45) is 6.45. The fraction of sp³-hybridized carbons (Fsp3) is 0.100. The molecule has 0 aliphatic heterocycles. The molecule has 15 heavy (non-hydrogen) atoms. The number of aromatic nitrogens is 3. The smallest absolute Gasteiger partial charge is 0.290 e. The van der Waals surface area contributed by atoms with Crippen molar-refractivity contribution in [3.8, 4) is 0 Å². The van der Waals surface area contributed by atoms with Gasteiger partial charge in [-0.2, -0.15) is 0 Å². The lowest BCUT2D eigenvalue weighted by Crippen LogP contribution is -2.14. The average Bonchev–Trinajstić information content (AvgIpc) is 2.29. The molecule has 2 aromatic rings. The first-order chi connectivity index (χ1) is 7.36. The second-order valence-electron chi connectivity index (χ2n) is 2.98. The molecule has 0 saturated carbocycles. The second kappa shape index (κ2) is 4.36. The predicted octanol–water partition coefficient (Wildman–Crippen LogP) is 0.777. The maximum absolute atomic E-state index is 11.2. The highest BCUT2D eigenvalue weighted by molar-refractivity contribution is 5.31. The summed E-state index contributed by atoms with van der Waals surface area (Å²) in [5.41, 5.74) is 0.835. The first kappa shape index (κ1) is 9.39. The first-order valence-corrected chi connectivity index (χ1v) is 4.53. The Morgan fingerprint density at radius 1 is 1.27 bits per heavy atom. The lowest BCUT2D eigenvalue weighted by molar-refractivity contribution is 1.05. The van der Waals surface area contributed by atoms with Crippen molar-refractivity contribution in [2.75, 3.05) is 5.32 Å². The zero-order valence-corrected chi connectivity index (χ0v) is 7.97. The molecule has 0 aromatic carbocycles. The zero-order valence-electron chi connectivity index (χ0n) is 7.97. The monoisotopic (exact) mass is 202 g/mol. The number of anilines is 1. The van der Waals surface area contributed by atoms with Crippen LogP contribution in [0.1, 0.15) is 5.56 Å². The van der Waals surface area contributed by atoms with E-state index in [2.05, 4.69) is 20.3 Å². The van der Waals surface area contributed by atoms with Crippen LogP contribution in [0, 0.1) is 0 Å². The van der Waals surface area contributed by atoms with Crippen molar-refractivity contribution in [1.82, 2.24) is 15.0 Å². The Labute approximate surface area is 86.2 Å². The molecule has 0 aliphatic carbocycles. The van der Waals surface area contributed by atoms with Gasteiger partial charge in [0.1, 0.15) is 0 Å². The van der Waals surface area contributed by atoms with Gasteiger partial charge in [0.15, 0.2) is 5.82 Å². The van der Waals surface area contributed by atoms with Crippen molar-refractivity contribution < 1.29 is 0 Å². The van der Waals surface area contributed by atoms with Crippen LogP contribution in [0.5, 0.6) is 0 Å². The lowest BCUT2D eigenvalue weighted by Gasteiger charge is -2.03. The highest BCUT2D eigenvalue weighted by Gasteiger charge is 1.98. The fourth-order valence-electron chi connectivity index (χ4n) is 1.16. The van der Waals surface area contributed by atoms with Gasteiger partial charge in [0.2, 0.25) is 0 Å². The molecule has 76 valence electrons. The standard InChI is InChI=1S/C10H10N4O/c15-10-9(12-5-6-13-10)14-7-8-1-3-11-4-2-8/h1-6H,7H2,(H,12,14)(H,13,15). The topological polar surface area (TPSA) is 70.7 Å². The van der Waals surface area contributed by atoms with Gasteiger partial charge in [-0.05, 0) is 17.7 Å². The minimum atomic E-state index is -0.216. The normalized spacial score (nSPS) is 9.87. The third kappa shape index (κ3) is 2.40. The van der Waals surface area contributed by atoms with Gasteiger partial charge in [0.05, 0.1) is 0 Å². The molecular weight excluding hydrogens is 192 g/mol. The van der Waals surface area contributed by atoms with Crippen molar-refractivity contribution in [2.45, 2.75) is 6.54 Å². The van der Waals surface area contributed by atoms with E-state index < -0.39 is 0 Å². The number of hydrogen-bond acceptors (Lipinski definition) is 4. The average molecular weight is 202 g/mol. The summed E-state index contributed by atoms with van der Waals surface area (Å²) in [6, 6.07) is 3.76. The van der Waals surface area contributed by atoms with Crippen LogP contribution in [-0.4, -0.2) is 15.0 Å². The van der Waals surface area contributed by atoms with Gasteiger partial charge in [-0.25, -0.2) is 4.98 Å². The maximum Gasteiger partial charge on any atom is 0.290 e. The van der Waals surface area contributed by atoms with E-state index in [0.29, 0.717) is 12.4 Å². The number of nitrogens with one attached hydrogen (secondary N) is 2. The van der Waals surface area contributed by atoms with E-state index in [1.54, 1.807) is 12.4 Å². The molecule has 0 radical (unpaired) electrons. The maximum atomic E-state index is 11.2. The molecule has 0 fully saturated rings. The highest BCUT2D eigenvalue weighted by Crippen LogP contribution is 1.99. The molecule has 0 atom stereocenters. The lowest BCUT2D eigenvalue weighted by atomic mass is 10.3. The number of aromatic amines is 1. The summed E-state index contributed by atoms with van der Waals surface area (Å²) < 4.78 is 0. The largest absolute Gasteiger partial charge is 0.361 e. The molecule has 5 heteroatoms. The van der Waals surface area contributed by atoms with Gasteiger partial charge < -0.3 is 10.3 Å². The molecule has 2 heterocycles. The summed E-state index contributed by atoms with van der Waals surface area (Å²) in [5.74, 6) is 0.328. The summed E-state index contributed by atoms with van der Waals surface area (Å²) in [6.45, 7) is 0.558. The Kier molecular flexibility index (Phi) is 2.73. The molecule has 0 bridgehead atoms. The van der Waals surface area contributed by atoms with Crippen LogP contribution >= 0.6 is 0 Å². The summed E-state index contributed by atoms with van der Waals surface area (Å²) in [5, 5.41) is 2.95. The number of hydrogen-bond donors (Lipinski definition) is 2. The van der Waals surface area contributed by atoms with Crippen LogP contribution in [-0.2, 0) is 6.54 Å². The molecule has 0 saturated heterocycles. The second-order valence-corrected chi connectivity index (χ2v) is 2.98. The molecule has 0 amide bonds. The SMILES string of the molecule is O=c1[nH]ccnc1NCc1ccncc1. The van der Waals surface area contributed by atoms with Crippen molar-refractivity contribution in [3.05, 3.63) is 52.8 Å². The van der Waals surface area contributed by atoms with Crippen molar-refractivity contribution in [2.24, 2.45) is 0 Å². The summed E-state index contributed by atoms with van der Waals surface area (Å²) in [7, 11) is 0. The van der Waals surface area contributed by atoms with Crippen LogP contribution in [0.15, 0.2) is 41.7 Å². The van der Waals surface area contributed by atoms with Gasteiger partial charge in [-0.3, -0.25) is 9.78 Å². The van der Waals surface area contributed by atoms with E-state index >= 15 is 0 Å². The molecular formula is C10H10N4O.